The monoisotopic (exact) mass is 204 g/mol. The second kappa shape index (κ2) is 7.32. The molecule has 0 radical (unpaired) electrons. The predicted octanol–water partition coefficient (Wildman–Crippen LogP) is 1.65. The maximum atomic E-state index is 11.2. The molecule has 0 bridgehead atoms. The Bertz CT molecular complexity index is 338. The maximum Gasteiger partial charge on any atom is 0.159 e. The van der Waals surface area contributed by atoms with Gasteiger partial charge in [0.1, 0.15) is 6.26 Å². The van der Waals surface area contributed by atoms with E-state index in [0.717, 1.165) is 0 Å². The molecule has 0 aromatic carbocycles. The maximum absolute atomic E-state index is 11.2. The number of hydrazone groups is 1. The molecule has 0 fully saturated rings. The van der Waals surface area contributed by atoms with Crippen LogP contribution in [0.5, 0.6) is 0 Å². The predicted molar refractivity (Wildman–Crippen MR) is 58.9 cm³/mol. The summed E-state index contributed by atoms with van der Waals surface area (Å²) >= 11 is 0. The van der Waals surface area contributed by atoms with E-state index in [4.69, 9.17) is 4.84 Å². The molecule has 0 aromatic rings. The van der Waals surface area contributed by atoms with E-state index in [1.807, 2.05) is 12.2 Å². The molecule has 4 heteroatoms. The van der Waals surface area contributed by atoms with E-state index in [9.17, 15) is 4.79 Å². The fourth-order valence-electron chi connectivity index (χ4n) is 0.828. The molecular weight excluding hydrogens is 192 g/mol. The lowest BCUT2D eigenvalue weighted by Gasteiger charge is -1.93. The molecule has 0 aliphatic carbocycles. The second-order valence-corrected chi connectivity index (χ2v) is 2.66. The van der Waals surface area contributed by atoms with Crippen molar-refractivity contribution in [2.45, 2.75) is 6.42 Å². The van der Waals surface area contributed by atoms with E-state index in [2.05, 4.69) is 10.7 Å². The molecule has 78 valence electrons. The Morgan fingerprint density at radius 1 is 1.20 bits per heavy atom. The number of nitrogens with zero attached hydrogens (tertiary/aromatic N) is 1. The van der Waals surface area contributed by atoms with Crippen LogP contribution in [0.3, 0.4) is 0 Å². The van der Waals surface area contributed by atoms with Gasteiger partial charge in [-0.3, -0.25) is 4.79 Å². The van der Waals surface area contributed by atoms with Crippen LogP contribution >= 0.6 is 0 Å². The van der Waals surface area contributed by atoms with Crippen LogP contribution in [0.25, 0.3) is 0 Å². The number of rotatable bonds is 0. The van der Waals surface area contributed by atoms with Gasteiger partial charge in [0, 0.05) is 6.42 Å². The minimum Gasteiger partial charge on any atom is -0.373 e. The van der Waals surface area contributed by atoms with E-state index in [1.54, 1.807) is 24.3 Å². The lowest BCUT2D eigenvalue weighted by atomic mass is 10.2. The zero-order valence-electron chi connectivity index (χ0n) is 8.17. The molecule has 0 saturated heterocycles. The van der Waals surface area contributed by atoms with E-state index < -0.39 is 0 Å². The molecule has 1 aliphatic rings. The normalized spacial score (nSPS) is 16.9. The van der Waals surface area contributed by atoms with Crippen LogP contribution < -0.4 is 5.59 Å². The molecule has 0 atom stereocenters. The third kappa shape index (κ3) is 6.04. The van der Waals surface area contributed by atoms with Gasteiger partial charge in [-0.05, 0) is 18.2 Å². The van der Waals surface area contributed by atoms with Crippen LogP contribution in [0.4, 0.5) is 0 Å². The second-order valence-electron chi connectivity index (χ2n) is 2.66. The summed E-state index contributed by atoms with van der Waals surface area (Å²) in [5.41, 5.74) is 2.32. The van der Waals surface area contributed by atoms with Crippen molar-refractivity contribution in [2.24, 2.45) is 5.10 Å². The summed E-state index contributed by atoms with van der Waals surface area (Å²) < 4.78 is 0. The fourth-order valence-corrected chi connectivity index (χ4v) is 0.828. The summed E-state index contributed by atoms with van der Waals surface area (Å²) in [4.78, 5) is 15.9. The molecule has 1 aliphatic heterocycles. The first-order chi connectivity index (χ1) is 7.39. The molecule has 1 heterocycles. The van der Waals surface area contributed by atoms with Crippen LogP contribution in [0, 0.1) is 0 Å². The molecule has 0 unspecified atom stereocenters. The molecule has 0 aromatic heterocycles. The minimum absolute atomic E-state index is 0.0274. The lowest BCUT2D eigenvalue weighted by Crippen LogP contribution is -2.00. The Balaban J connectivity index is 2.59. The molecular formula is C11H12N2O2. The van der Waals surface area contributed by atoms with Gasteiger partial charge in [0.15, 0.2) is 5.78 Å². The van der Waals surface area contributed by atoms with Crippen molar-refractivity contribution in [3.05, 3.63) is 48.8 Å². The molecule has 0 spiro atoms. The highest BCUT2D eigenvalue weighted by Gasteiger charge is 1.89. The molecule has 0 saturated carbocycles. The first kappa shape index (κ1) is 11.0. The van der Waals surface area contributed by atoms with Crippen molar-refractivity contribution in [3.8, 4) is 0 Å². The molecule has 1 N–H and O–H groups in total. The van der Waals surface area contributed by atoms with Crippen LogP contribution in [0.2, 0.25) is 0 Å². The smallest absolute Gasteiger partial charge is 0.159 e. The van der Waals surface area contributed by atoms with Crippen molar-refractivity contribution in [1.29, 1.82) is 0 Å². The van der Waals surface area contributed by atoms with Crippen molar-refractivity contribution in [2.75, 3.05) is 0 Å². The SMILES string of the molecule is O=C1C=CC=NNOC=CC=CC=CC1. The average molecular weight is 204 g/mol. The first-order valence-electron chi connectivity index (χ1n) is 4.51. The number of carbonyl (C=O) groups is 1. The average Bonchev–Trinajstić information content (AvgIpc) is 2.24. The van der Waals surface area contributed by atoms with Crippen LogP contribution in [0.1, 0.15) is 6.42 Å². The summed E-state index contributed by atoms with van der Waals surface area (Å²) in [5.74, 6) is 0.0274. The van der Waals surface area contributed by atoms with E-state index in [0.29, 0.717) is 6.42 Å². The van der Waals surface area contributed by atoms with E-state index in [1.165, 1.54) is 18.6 Å². The van der Waals surface area contributed by atoms with Crippen molar-refractivity contribution < 1.29 is 9.63 Å². The highest BCUT2D eigenvalue weighted by atomic mass is 16.7. The van der Waals surface area contributed by atoms with Gasteiger partial charge in [0.2, 0.25) is 0 Å². The highest BCUT2D eigenvalue weighted by Crippen LogP contribution is 1.90. The third-order valence-corrected chi connectivity index (χ3v) is 1.48. The van der Waals surface area contributed by atoms with Gasteiger partial charge in [-0.15, -0.1) is 5.59 Å². The Hall–Kier alpha value is -2.10. The Kier molecular flexibility index (Phi) is 5.36. The van der Waals surface area contributed by atoms with Crippen molar-refractivity contribution in [3.63, 3.8) is 0 Å². The van der Waals surface area contributed by atoms with Gasteiger partial charge in [-0.25, -0.2) is 0 Å². The quantitative estimate of drug-likeness (QED) is 0.652. The fraction of sp³-hybridized carbons (Fsp3) is 0.0909. The Labute approximate surface area is 88.3 Å². The summed E-state index contributed by atoms with van der Waals surface area (Å²) in [6, 6.07) is 0. The van der Waals surface area contributed by atoms with E-state index >= 15 is 0 Å². The summed E-state index contributed by atoms with van der Waals surface area (Å²) in [6.07, 6.45) is 15.2. The van der Waals surface area contributed by atoms with Gasteiger partial charge in [0.25, 0.3) is 0 Å². The number of carbonyl (C=O) groups excluding carboxylic acids is 1. The third-order valence-electron chi connectivity index (χ3n) is 1.48. The number of allylic oxidation sites excluding steroid dienone is 7. The van der Waals surface area contributed by atoms with Crippen LogP contribution in [-0.4, -0.2) is 12.0 Å². The Morgan fingerprint density at radius 2 is 2.07 bits per heavy atom. The first-order valence-corrected chi connectivity index (χ1v) is 4.51. The summed E-state index contributed by atoms with van der Waals surface area (Å²) in [7, 11) is 0. The number of hydrogen-bond donors (Lipinski definition) is 1. The van der Waals surface area contributed by atoms with Crippen molar-refractivity contribution in [1.82, 2.24) is 5.59 Å². The largest absolute Gasteiger partial charge is 0.373 e. The summed E-state index contributed by atoms with van der Waals surface area (Å²) in [5, 5.41) is 3.66. The molecule has 0 amide bonds. The minimum atomic E-state index is 0.0274. The lowest BCUT2D eigenvalue weighted by molar-refractivity contribution is -0.113. The number of ketones is 1. The van der Waals surface area contributed by atoms with E-state index in [-0.39, 0.29) is 5.78 Å². The molecule has 4 nitrogen and oxygen atoms in total. The number of nitrogens with one attached hydrogen (secondary N) is 1. The zero-order valence-corrected chi connectivity index (χ0v) is 8.17. The van der Waals surface area contributed by atoms with Crippen molar-refractivity contribution >= 4 is 12.0 Å². The van der Waals surface area contributed by atoms with Gasteiger partial charge in [-0.1, -0.05) is 24.3 Å². The molecule has 15 heavy (non-hydrogen) atoms. The van der Waals surface area contributed by atoms with Gasteiger partial charge in [-0.2, -0.15) is 5.10 Å². The van der Waals surface area contributed by atoms with Crippen LogP contribution in [0.15, 0.2) is 53.9 Å². The van der Waals surface area contributed by atoms with Crippen LogP contribution in [-0.2, 0) is 9.63 Å². The zero-order chi connectivity index (χ0) is 10.8. The van der Waals surface area contributed by atoms with Gasteiger partial charge < -0.3 is 4.84 Å². The summed E-state index contributed by atoms with van der Waals surface area (Å²) in [6.45, 7) is 0. The van der Waals surface area contributed by atoms with Gasteiger partial charge in [0.05, 0.1) is 6.21 Å². The highest BCUT2D eigenvalue weighted by molar-refractivity contribution is 5.94. The standard InChI is InChI=1S/C11H12N2O2/c14-11-7-4-2-1-3-5-10-15-13-12-9-6-8-11/h1-6,8-10,13H,7H2. The van der Waals surface area contributed by atoms with Gasteiger partial charge >= 0.3 is 0 Å². The molecule has 1 rings (SSSR count). The topological polar surface area (TPSA) is 50.7 Å². The Morgan fingerprint density at radius 3 is 3.00 bits per heavy atom. The number of hydrogen-bond acceptors (Lipinski definition) is 4.